The summed E-state index contributed by atoms with van der Waals surface area (Å²) in [7, 11) is 1.77. The van der Waals surface area contributed by atoms with Gasteiger partial charge in [0.05, 0.1) is 6.10 Å². The molecule has 0 radical (unpaired) electrons. The van der Waals surface area contributed by atoms with Crippen molar-refractivity contribution in [3.8, 4) is 0 Å². The first-order valence-corrected chi connectivity index (χ1v) is 6.36. The summed E-state index contributed by atoms with van der Waals surface area (Å²) in [6.07, 6.45) is 4.20. The lowest BCUT2D eigenvalue weighted by molar-refractivity contribution is 0.0388. The van der Waals surface area contributed by atoms with Gasteiger partial charge in [-0.25, -0.2) is 9.97 Å². The molecular formula is C11H15Cl2N3O. The van der Waals surface area contributed by atoms with E-state index in [1.807, 2.05) is 0 Å². The molecule has 94 valence electrons. The number of aromatic nitrogens is 2. The molecule has 0 saturated carbocycles. The minimum atomic E-state index is 0.192. The Morgan fingerprint density at radius 2 is 2.12 bits per heavy atom. The van der Waals surface area contributed by atoms with E-state index in [1.165, 1.54) is 0 Å². The van der Waals surface area contributed by atoms with Crippen molar-refractivity contribution in [3.05, 3.63) is 22.2 Å². The summed E-state index contributed by atoms with van der Waals surface area (Å²) in [6.45, 7) is 2.79. The van der Waals surface area contributed by atoms with E-state index < -0.39 is 0 Å². The highest BCUT2D eigenvalue weighted by Gasteiger charge is 2.19. The third-order valence-electron chi connectivity index (χ3n) is 3.04. The lowest BCUT2D eigenvalue weighted by Crippen LogP contribution is -2.36. The van der Waals surface area contributed by atoms with E-state index in [0.717, 1.165) is 38.0 Å². The highest BCUT2D eigenvalue weighted by Crippen LogP contribution is 2.19. The quantitative estimate of drug-likeness (QED) is 0.627. The third kappa shape index (κ3) is 3.52. The second kappa shape index (κ2) is 5.96. The van der Waals surface area contributed by atoms with Crippen LogP contribution in [0.25, 0.3) is 0 Å². The first-order valence-electron chi connectivity index (χ1n) is 5.61. The van der Waals surface area contributed by atoms with Crippen LogP contribution in [0.15, 0.2) is 6.20 Å². The van der Waals surface area contributed by atoms with Crippen molar-refractivity contribution < 1.29 is 4.74 Å². The van der Waals surface area contributed by atoms with E-state index in [0.29, 0.717) is 11.3 Å². The lowest BCUT2D eigenvalue weighted by Gasteiger charge is -2.31. The molecule has 4 nitrogen and oxygen atoms in total. The fraction of sp³-hybridized carbons (Fsp3) is 0.636. The molecule has 2 rings (SSSR count). The van der Waals surface area contributed by atoms with Crippen molar-refractivity contribution in [1.29, 1.82) is 0 Å². The maximum Gasteiger partial charge on any atom is 0.223 e. The molecule has 2 heterocycles. The molecule has 1 saturated heterocycles. The third-order valence-corrected chi connectivity index (χ3v) is 3.55. The summed E-state index contributed by atoms with van der Waals surface area (Å²) in [4.78, 5) is 10.2. The molecule has 0 N–H and O–H groups in total. The summed E-state index contributed by atoms with van der Waals surface area (Å²) < 4.78 is 5.33. The number of halogens is 2. The van der Waals surface area contributed by atoms with Crippen molar-refractivity contribution in [3.63, 3.8) is 0 Å². The number of ether oxygens (including phenoxy) is 1. The fourth-order valence-corrected chi connectivity index (χ4v) is 2.38. The van der Waals surface area contributed by atoms with Crippen LogP contribution in [0.4, 0.5) is 0 Å². The first kappa shape index (κ1) is 13.0. The Morgan fingerprint density at radius 1 is 1.41 bits per heavy atom. The van der Waals surface area contributed by atoms with Crippen molar-refractivity contribution in [2.24, 2.45) is 0 Å². The van der Waals surface area contributed by atoms with Crippen LogP contribution in [-0.2, 0) is 11.3 Å². The predicted molar refractivity (Wildman–Crippen MR) is 67.4 cm³/mol. The molecule has 0 bridgehead atoms. The van der Waals surface area contributed by atoms with E-state index >= 15 is 0 Å². The normalized spacial score (nSPS) is 18.5. The lowest BCUT2D eigenvalue weighted by atomic mass is 10.1. The maximum absolute atomic E-state index is 6.02. The molecule has 0 unspecified atom stereocenters. The van der Waals surface area contributed by atoms with Crippen LogP contribution in [0.3, 0.4) is 0 Å². The van der Waals surface area contributed by atoms with Gasteiger partial charge in [-0.2, -0.15) is 0 Å². The minimum Gasteiger partial charge on any atom is -0.381 e. The van der Waals surface area contributed by atoms with E-state index in [9.17, 15) is 0 Å². The van der Waals surface area contributed by atoms with Gasteiger partial charge in [0.1, 0.15) is 5.15 Å². The van der Waals surface area contributed by atoms with Crippen molar-refractivity contribution >= 4 is 23.2 Å². The van der Waals surface area contributed by atoms with E-state index in [1.54, 1.807) is 13.3 Å². The highest BCUT2D eigenvalue weighted by atomic mass is 35.5. The van der Waals surface area contributed by atoms with Gasteiger partial charge < -0.3 is 4.74 Å². The van der Waals surface area contributed by atoms with Gasteiger partial charge in [0.15, 0.2) is 0 Å². The zero-order chi connectivity index (χ0) is 12.3. The number of methoxy groups -OCH3 is 1. The van der Waals surface area contributed by atoms with Gasteiger partial charge in [-0.05, 0) is 24.4 Å². The van der Waals surface area contributed by atoms with Crippen LogP contribution < -0.4 is 0 Å². The van der Waals surface area contributed by atoms with Gasteiger partial charge in [-0.1, -0.05) is 11.6 Å². The molecule has 1 fully saturated rings. The molecule has 0 aromatic carbocycles. The Labute approximate surface area is 111 Å². The van der Waals surface area contributed by atoms with Crippen LogP contribution >= 0.6 is 23.2 Å². The summed E-state index contributed by atoms with van der Waals surface area (Å²) in [5.41, 5.74) is 0.923. The summed E-state index contributed by atoms with van der Waals surface area (Å²) in [5, 5.41) is 0.635. The van der Waals surface area contributed by atoms with E-state index in [-0.39, 0.29) is 5.28 Å². The van der Waals surface area contributed by atoms with Crippen molar-refractivity contribution in [2.45, 2.75) is 25.5 Å². The molecule has 6 heteroatoms. The minimum absolute atomic E-state index is 0.192. The van der Waals surface area contributed by atoms with Crippen molar-refractivity contribution in [1.82, 2.24) is 14.9 Å². The molecule has 1 aliphatic rings. The van der Waals surface area contributed by atoms with Gasteiger partial charge in [0.25, 0.3) is 0 Å². The maximum atomic E-state index is 6.02. The Bertz CT molecular complexity index is 381. The fourth-order valence-electron chi connectivity index (χ4n) is 2.02. The van der Waals surface area contributed by atoms with E-state index in [2.05, 4.69) is 14.9 Å². The zero-order valence-corrected chi connectivity index (χ0v) is 11.2. The Hall–Kier alpha value is -0.420. The number of likely N-dealkylation sites (tertiary alicyclic amines) is 1. The van der Waals surface area contributed by atoms with Crippen molar-refractivity contribution in [2.75, 3.05) is 20.2 Å². The molecule has 0 spiro atoms. The van der Waals surface area contributed by atoms with E-state index in [4.69, 9.17) is 27.9 Å². The summed E-state index contributed by atoms with van der Waals surface area (Å²) >= 11 is 11.7. The van der Waals surface area contributed by atoms with Gasteiger partial charge >= 0.3 is 0 Å². The van der Waals surface area contributed by atoms with Crippen LogP contribution in [0.1, 0.15) is 18.4 Å². The van der Waals surface area contributed by atoms with Crippen LogP contribution in [0.5, 0.6) is 0 Å². The monoisotopic (exact) mass is 275 g/mol. The van der Waals surface area contributed by atoms with Gasteiger partial charge in [-0.3, -0.25) is 4.90 Å². The smallest absolute Gasteiger partial charge is 0.223 e. The topological polar surface area (TPSA) is 38.2 Å². The largest absolute Gasteiger partial charge is 0.381 e. The molecule has 1 aliphatic heterocycles. The number of piperidine rings is 1. The average molecular weight is 276 g/mol. The second-order valence-corrected chi connectivity index (χ2v) is 4.86. The SMILES string of the molecule is COC1CCN(Cc2cnc(Cl)nc2Cl)CC1. The molecule has 0 atom stereocenters. The molecule has 1 aromatic heterocycles. The standard InChI is InChI=1S/C11H15Cl2N3O/c1-17-9-2-4-16(5-3-9)7-8-6-14-11(13)15-10(8)12/h6,9H,2-5,7H2,1H3. The summed E-state index contributed by atoms with van der Waals surface area (Å²) in [6, 6.07) is 0. The van der Waals surface area contributed by atoms with Crippen LogP contribution in [0.2, 0.25) is 10.4 Å². The summed E-state index contributed by atoms with van der Waals surface area (Å²) in [5.74, 6) is 0. The number of hydrogen-bond donors (Lipinski definition) is 0. The molecular weight excluding hydrogens is 261 g/mol. The molecule has 0 aliphatic carbocycles. The molecule has 1 aromatic rings. The average Bonchev–Trinajstić information content (AvgIpc) is 2.34. The predicted octanol–water partition coefficient (Wildman–Crippen LogP) is 2.39. The second-order valence-electron chi connectivity index (χ2n) is 4.17. The first-order chi connectivity index (χ1) is 8.19. The van der Waals surface area contributed by atoms with Gasteiger partial charge in [-0.15, -0.1) is 0 Å². The van der Waals surface area contributed by atoms with Gasteiger partial charge in [0, 0.05) is 38.5 Å². The number of hydrogen-bond acceptors (Lipinski definition) is 4. The Morgan fingerprint density at radius 3 is 2.71 bits per heavy atom. The molecule has 17 heavy (non-hydrogen) atoms. The van der Waals surface area contributed by atoms with Crippen LogP contribution in [-0.4, -0.2) is 41.2 Å². The highest BCUT2D eigenvalue weighted by molar-refractivity contribution is 6.32. The van der Waals surface area contributed by atoms with Crippen LogP contribution in [0, 0.1) is 0 Å². The zero-order valence-electron chi connectivity index (χ0n) is 9.70. The molecule has 0 amide bonds. The Kier molecular flexibility index (Phi) is 4.56. The van der Waals surface area contributed by atoms with Gasteiger partial charge in [0.2, 0.25) is 5.28 Å². The number of nitrogens with zero attached hydrogens (tertiary/aromatic N) is 3. The number of rotatable bonds is 3. The Balaban J connectivity index is 1.93.